The lowest BCUT2D eigenvalue weighted by atomic mass is 10.0. The Balaban J connectivity index is 1.68. The van der Waals surface area contributed by atoms with Gasteiger partial charge in [-0.25, -0.2) is 8.42 Å². The normalized spacial score (nSPS) is 16.4. The molecule has 1 aliphatic rings. The molecule has 1 amide bonds. The van der Waals surface area contributed by atoms with Gasteiger partial charge in [0.2, 0.25) is 15.9 Å². The van der Waals surface area contributed by atoms with Gasteiger partial charge in [0.25, 0.3) is 0 Å². The minimum absolute atomic E-state index is 0.0225. The Morgan fingerprint density at radius 3 is 2.55 bits per heavy atom. The largest absolute Gasteiger partial charge is 0.341 e. The fraction of sp³-hybridized carbons (Fsp3) is 0.476. The second kappa shape index (κ2) is 10.3. The van der Waals surface area contributed by atoms with Crippen molar-refractivity contribution in [2.75, 3.05) is 45.0 Å². The number of carbonyl (C=O) groups excluding carboxylic acids is 1. The molecule has 1 aliphatic heterocycles. The van der Waals surface area contributed by atoms with Gasteiger partial charge in [-0.15, -0.1) is 11.3 Å². The first kappa shape index (κ1) is 22.0. The Kier molecular flexibility index (Phi) is 7.83. The highest BCUT2D eigenvalue weighted by Gasteiger charge is 2.26. The highest BCUT2D eigenvalue weighted by molar-refractivity contribution is 7.89. The van der Waals surface area contributed by atoms with Crippen LogP contribution in [0.4, 0.5) is 0 Å². The number of rotatable bonds is 9. The first-order valence-corrected chi connectivity index (χ1v) is 12.5. The van der Waals surface area contributed by atoms with E-state index in [0.29, 0.717) is 39.1 Å². The molecule has 0 aliphatic carbocycles. The zero-order chi connectivity index (χ0) is 20.7. The van der Waals surface area contributed by atoms with Gasteiger partial charge < -0.3 is 10.2 Å². The third-order valence-electron chi connectivity index (χ3n) is 5.21. The zero-order valence-corrected chi connectivity index (χ0v) is 18.4. The van der Waals surface area contributed by atoms with Crippen LogP contribution in [-0.2, 0) is 21.2 Å². The maximum Gasteiger partial charge on any atom is 0.227 e. The predicted molar refractivity (Wildman–Crippen MR) is 118 cm³/mol. The number of piperazine rings is 1. The molecule has 2 heterocycles. The second-order valence-electron chi connectivity index (χ2n) is 7.37. The summed E-state index contributed by atoms with van der Waals surface area (Å²) in [6.45, 7) is 5.12. The van der Waals surface area contributed by atoms with Crippen LogP contribution in [0, 0.1) is 0 Å². The first-order valence-electron chi connectivity index (χ1n) is 9.99. The molecule has 6 nitrogen and oxygen atoms in total. The van der Waals surface area contributed by atoms with Crippen LogP contribution in [0.3, 0.4) is 0 Å². The maximum absolute atomic E-state index is 13.0. The highest BCUT2D eigenvalue weighted by Crippen LogP contribution is 2.18. The van der Waals surface area contributed by atoms with E-state index in [1.165, 1.54) is 4.31 Å². The Labute approximate surface area is 177 Å². The van der Waals surface area contributed by atoms with Crippen LogP contribution in [0.2, 0.25) is 0 Å². The molecule has 1 aromatic heterocycles. The molecular weight excluding hydrogens is 406 g/mol. The molecule has 0 saturated carbocycles. The van der Waals surface area contributed by atoms with E-state index in [2.05, 4.69) is 12.2 Å². The maximum atomic E-state index is 13.0. The summed E-state index contributed by atoms with van der Waals surface area (Å²) in [6, 6.07) is 13.9. The lowest BCUT2D eigenvalue weighted by Crippen LogP contribution is -2.48. The molecule has 1 saturated heterocycles. The van der Waals surface area contributed by atoms with Gasteiger partial charge in [0.15, 0.2) is 0 Å². The summed E-state index contributed by atoms with van der Waals surface area (Å²) in [7, 11) is -3.37. The second-order valence-corrected chi connectivity index (χ2v) is 10.5. The van der Waals surface area contributed by atoms with E-state index in [1.807, 2.05) is 47.8 Å². The summed E-state index contributed by atoms with van der Waals surface area (Å²) < 4.78 is 27.0. The molecule has 29 heavy (non-hydrogen) atoms. The Morgan fingerprint density at radius 1 is 1.17 bits per heavy atom. The average Bonchev–Trinajstić information content (AvgIpc) is 3.25. The minimum atomic E-state index is -3.37. The van der Waals surface area contributed by atoms with E-state index < -0.39 is 10.0 Å². The van der Waals surface area contributed by atoms with Crippen molar-refractivity contribution in [2.45, 2.75) is 19.3 Å². The molecule has 1 fully saturated rings. The van der Waals surface area contributed by atoms with E-state index in [4.69, 9.17) is 0 Å². The summed E-state index contributed by atoms with van der Waals surface area (Å²) in [5, 5.41) is 5.12. The van der Waals surface area contributed by atoms with Crippen molar-refractivity contribution in [1.29, 1.82) is 0 Å². The average molecular weight is 436 g/mol. The van der Waals surface area contributed by atoms with E-state index >= 15 is 0 Å². The van der Waals surface area contributed by atoms with Gasteiger partial charge in [0, 0.05) is 44.1 Å². The van der Waals surface area contributed by atoms with Crippen LogP contribution >= 0.6 is 11.3 Å². The van der Waals surface area contributed by atoms with Crippen LogP contribution in [0.25, 0.3) is 0 Å². The molecule has 1 atom stereocenters. The molecule has 0 spiro atoms. The SMILES string of the molecule is CC(CN(CCS(=O)(=O)N1CCNCC1)C(=O)Cc1cccs1)c1ccccc1. The monoisotopic (exact) mass is 435 g/mol. The fourth-order valence-corrected chi connectivity index (χ4v) is 5.63. The Hall–Kier alpha value is -1.74. The summed E-state index contributed by atoms with van der Waals surface area (Å²) >= 11 is 1.55. The number of hydrogen-bond donors (Lipinski definition) is 1. The third-order valence-corrected chi connectivity index (χ3v) is 7.94. The third kappa shape index (κ3) is 6.37. The molecule has 3 rings (SSSR count). The first-order chi connectivity index (χ1) is 14.0. The summed E-state index contributed by atoms with van der Waals surface area (Å²) in [5.41, 5.74) is 1.14. The van der Waals surface area contributed by atoms with Gasteiger partial charge >= 0.3 is 0 Å². The molecule has 1 N–H and O–H groups in total. The Bertz CT molecular complexity index is 864. The molecule has 0 radical (unpaired) electrons. The molecule has 158 valence electrons. The van der Waals surface area contributed by atoms with Crippen LogP contribution in [0.5, 0.6) is 0 Å². The summed E-state index contributed by atoms with van der Waals surface area (Å²) in [6.07, 6.45) is 0.312. The van der Waals surface area contributed by atoms with Gasteiger partial charge in [0.05, 0.1) is 12.2 Å². The minimum Gasteiger partial charge on any atom is -0.341 e. The molecular formula is C21H29N3O3S2. The molecule has 1 unspecified atom stereocenters. The van der Waals surface area contributed by atoms with Gasteiger partial charge in [0.1, 0.15) is 0 Å². The standard InChI is InChI=1S/C21H29N3O3S2/c1-18(19-6-3-2-4-7-19)17-23(21(25)16-20-8-5-14-28-20)13-15-29(26,27)24-11-9-22-10-12-24/h2-8,14,18,22H,9-13,15-17H2,1H3. The van der Waals surface area contributed by atoms with Crippen LogP contribution in [0.1, 0.15) is 23.3 Å². The van der Waals surface area contributed by atoms with Crippen molar-refractivity contribution in [2.24, 2.45) is 0 Å². The van der Waals surface area contributed by atoms with Crippen LogP contribution in [-0.4, -0.2) is 68.6 Å². The molecule has 0 bridgehead atoms. The number of amides is 1. The zero-order valence-electron chi connectivity index (χ0n) is 16.8. The van der Waals surface area contributed by atoms with Gasteiger partial charge in [-0.3, -0.25) is 4.79 Å². The number of hydrogen-bond acceptors (Lipinski definition) is 5. The van der Waals surface area contributed by atoms with Crippen molar-refractivity contribution < 1.29 is 13.2 Å². The Morgan fingerprint density at radius 2 is 1.90 bits per heavy atom. The van der Waals surface area contributed by atoms with Crippen molar-refractivity contribution in [3.8, 4) is 0 Å². The number of carbonyl (C=O) groups is 1. The number of sulfonamides is 1. The quantitative estimate of drug-likeness (QED) is 0.655. The van der Waals surface area contributed by atoms with Crippen LogP contribution < -0.4 is 5.32 Å². The predicted octanol–water partition coefficient (Wildman–Crippen LogP) is 2.16. The topological polar surface area (TPSA) is 69.7 Å². The van der Waals surface area contributed by atoms with E-state index in [0.717, 1.165) is 10.4 Å². The molecule has 1 aromatic carbocycles. The molecule has 2 aromatic rings. The highest BCUT2D eigenvalue weighted by atomic mass is 32.2. The molecule has 8 heteroatoms. The lowest BCUT2D eigenvalue weighted by molar-refractivity contribution is -0.130. The van der Waals surface area contributed by atoms with Crippen LogP contribution in [0.15, 0.2) is 47.8 Å². The van der Waals surface area contributed by atoms with Crippen molar-refractivity contribution in [3.63, 3.8) is 0 Å². The van der Waals surface area contributed by atoms with Crippen molar-refractivity contribution in [3.05, 3.63) is 58.3 Å². The van der Waals surface area contributed by atoms with E-state index in [-0.39, 0.29) is 24.1 Å². The number of nitrogens with zero attached hydrogens (tertiary/aromatic N) is 2. The number of benzene rings is 1. The van der Waals surface area contributed by atoms with Crippen molar-refractivity contribution >= 4 is 27.3 Å². The van der Waals surface area contributed by atoms with Crippen molar-refractivity contribution in [1.82, 2.24) is 14.5 Å². The lowest BCUT2D eigenvalue weighted by Gasteiger charge is -2.30. The summed E-state index contributed by atoms with van der Waals surface area (Å²) in [4.78, 5) is 15.7. The number of nitrogens with one attached hydrogen (secondary N) is 1. The summed E-state index contributed by atoms with van der Waals surface area (Å²) in [5.74, 6) is 0.0705. The van der Waals surface area contributed by atoms with Gasteiger partial charge in [-0.1, -0.05) is 43.3 Å². The van der Waals surface area contributed by atoms with Gasteiger partial charge in [-0.05, 0) is 22.9 Å². The van der Waals surface area contributed by atoms with Gasteiger partial charge in [-0.2, -0.15) is 4.31 Å². The van der Waals surface area contributed by atoms with E-state index in [9.17, 15) is 13.2 Å². The van der Waals surface area contributed by atoms with E-state index in [1.54, 1.807) is 16.2 Å². The smallest absolute Gasteiger partial charge is 0.227 e. The fourth-order valence-electron chi connectivity index (χ4n) is 3.49. The number of thiophene rings is 1.